The molecule has 138 valence electrons. The molecule has 0 amide bonds. The standard InChI is InChI=1S/C18H23N5O3/c1-11-5-7-13(8-6-11)10-23-16(25)14-15(22(4)18(23)26)20-17(21(14)3)19-9-12(2)24/h5-8,12,24H,9-10H2,1-4H3,(H,19,20)/t12-/m1/s1. The number of imidazole rings is 1. The first-order valence-electron chi connectivity index (χ1n) is 8.43. The number of fused-ring (bicyclic) bond motifs is 1. The third kappa shape index (κ3) is 3.15. The van der Waals surface area contributed by atoms with Crippen LogP contribution in [0.4, 0.5) is 5.95 Å². The summed E-state index contributed by atoms with van der Waals surface area (Å²) < 4.78 is 4.21. The first-order valence-corrected chi connectivity index (χ1v) is 8.43. The zero-order valence-electron chi connectivity index (χ0n) is 15.4. The van der Waals surface area contributed by atoms with Gasteiger partial charge in [0.2, 0.25) is 5.95 Å². The average molecular weight is 357 g/mol. The Bertz CT molecular complexity index is 1060. The molecule has 0 bridgehead atoms. The van der Waals surface area contributed by atoms with Gasteiger partial charge in [-0.2, -0.15) is 4.98 Å². The van der Waals surface area contributed by atoms with E-state index >= 15 is 0 Å². The summed E-state index contributed by atoms with van der Waals surface area (Å²) in [4.78, 5) is 30.0. The summed E-state index contributed by atoms with van der Waals surface area (Å²) in [6, 6.07) is 7.71. The maximum Gasteiger partial charge on any atom is 0.332 e. The number of rotatable bonds is 5. The van der Waals surface area contributed by atoms with E-state index in [9.17, 15) is 14.7 Å². The van der Waals surface area contributed by atoms with Crippen LogP contribution in [0.3, 0.4) is 0 Å². The van der Waals surface area contributed by atoms with Crippen molar-refractivity contribution in [3.63, 3.8) is 0 Å². The topological polar surface area (TPSA) is 94.1 Å². The van der Waals surface area contributed by atoms with E-state index in [0.29, 0.717) is 23.7 Å². The molecular formula is C18H23N5O3. The summed E-state index contributed by atoms with van der Waals surface area (Å²) in [7, 11) is 3.31. The summed E-state index contributed by atoms with van der Waals surface area (Å²) in [5, 5.41) is 12.4. The number of hydrogen-bond acceptors (Lipinski definition) is 5. The predicted molar refractivity (Wildman–Crippen MR) is 101 cm³/mol. The molecule has 0 radical (unpaired) electrons. The van der Waals surface area contributed by atoms with Gasteiger partial charge in [-0.3, -0.25) is 13.9 Å². The van der Waals surface area contributed by atoms with Crippen LogP contribution < -0.4 is 16.6 Å². The molecule has 8 heteroatoms. The van der Waals surface area contributed by atoms with Gasteiger partial charge < -0.3 is 15.0 Å². The fourth-order valence-electron chi connectivity index (χ4n) is 2.86. The van der Waals surface area contributed by atoms with Crippen LogP contribution in [0.5, 0.6) is 0 Å². The molecule has 3 rings (SSSR count). The number of benzene rings is 1. The molecular weight excluding hydrogens is 334 g/mol. The maximum absolute atomic E-state index is 13.0. The van der Waals surface area contributed by atoms with Crippen molar-refractivity contribution in [3.8, 4) is 0 Å². The van der Waals surface area contributed by atoms with Crippen molar-refractivity contribution < 1.29 is 5.11 Å². The lowest BCUT2D eigenvalue weighted by Crippen LogP contribution is -2.39. The SMILES string of the molecule is Cc1ccc(Cn2c(=O)c3c(nc(NC[C@@H](C)O)n3C)n(C)c2=O)cc1. The summed E-state index contributed by atoms with van der Waals surface area (Å²) >= 11 is 0. The van der Waals surface area contributed by atoms with E-state index in [0.717, 1.165) is 11.1 Å². The van der Waals surface area contributed by atoms with E-state index < -0.39 is 11.8 Å². The maximum atomic E-state index is 13.0. The number of anilines is 1. The zero-order valence-corrected chi connectivity index (χ0v) is 15.4. The first kappa shape index (κ1) is 17.9. The fourth-order valence-corrected chi connectivity index (χ4v) is 2.86. The van der Waals surface area contributed by atoms with Gasteiger partial charge in [0.15, 0.2) is 11.2 Å². The molecule has 0 aliphatic heterocycles. The van der Waals surface area contributed by atoms with Gasteiger partial charge >= 0.3 is 5.69 Å². The van der Waals surface area contributed by atoms with Crippen LogP contribution >= 0.6 is 0 Å². The van der Waals surface area contributed by atoms with E-state index in [1.165, 1.54) is 9.13 Å². The largest absolute Gasteiger partial charge is 0.392 e. The minimum Gasteiger partial charge on any atom is -0.392 e. The lowest BCUT2D eigenvalue weighted by molar-refractivity contribution is 0.208. The third-order valence-electron chi connectivity index (χ3n) is 4.38. The van der Waals surface area contributed by atoms with Crippen LogP contribution in [-0.2, 0) is 20.6 Å². The minimum atomic E-state index is -0.558. The van der Waals surface area contributed by atoms with Crippen molar-refractivity contribution in [3.05, 3.63) is 56.2 Å². The van der Waals surface area contributed by atoms with Crippen LogP contribution in [0.25, 0.3) is 11.2 Å². The molecule has 0 saturated heterocycles. The summed E-state index contributed by atoms with van der Waals surface area (Å²) in [5.74, 6) is 0.432. The summed E-state index contributed by atoms with van der Waals surface area (Å²) in [6.45, 7) is 4.13. The fraction of sp³-hybridized carbons (Fsp3) is 0.389. The molecule has 2 heterocycles. The molecule has 1 aromatic carbocycles. The van der Waals surface area contributed by atoms with Gasteiger partial charge in [-0.1, -0.05) is 29.8 Å². The highest BCUT2D eigenvalue weighted by Crippen LogP contribution is 2.13. The Kier molecular flexibility index (Phi) is 4.69. The van der Waals surface area contributed by atoms with Gasteiger partial charge in [0.25, 0.3) is 5.56 Å². The third-order valence-corrected chi connectivity index (χ3v) is 4.38. The molecule has 0 spiro atoms. The molecule has 0 fully saturated rings. The number of aryl methyl sites for hydroxylation is 3. The van der Waals surface area contributed by atoms with Crippen LogP contribution in [0.2, 0.25) is 0 Å². The Morgan fingerprint density at radius 1 is 1.15 bits per heavy atom. The van der Waals surface area contributed by atoms with Gasteiger partial charge in [-0.15, -0.1) is 0 Å². The highest BCUT2D eigenvalue weighted by molar-refractivity contribution is 5.74. The molecule has 3 aromatic rings. The van der Waals surface area contributed by atoms with Gasteiger partial charge in [-0.05, 0) is 19.4 Å². The average Bonchev–Trinajstić information content (AvgIpc) is 2.93. The molecule has 8 nitrogen and oxygen atoms in total. The number of aromatic nitrogens is 4. The Morgan fingerprint density at radius 3 is 2.42 bits per heavy atom. The van der Waals surface area contributed by atoms with Gasteiger partial charge in [0.05, 0.1) is 12.6 Å². The second-order valence-corrected chi connectivity index (χ2v) is 6.62. The van der Waals surface area contributed by atoms with Crippen LogP contribution in [0.1, 0.15) is 18.1 Å². The van der Waals surface area contributed by atoms with Crippen molar-refractivity contribution in [1.29, 1.82) is 0 Å². The molecule has 0 unspecified atom stereocenters. The number of hydrogen-bond donors (Lipinski definition) is 2. The van der Waals surface area contributed by atoms with E-state index in [1.807, 2.05) is 31.2 Å². The number of nitrogens with one attached hydrogen (secondary N) is 1. The predicted octanol–water partition coefficient (Wildman–Crippen LogP) is 0.583. The molecule has 0 aliphatic carbocycles. The van der Waals surface area contributed by atoms with Crippen LogP contribution in [0.15, 0.2) is 33.9 Å². The molecule has 0 saturated carbocycles. The van der Waals surface area contributed by atoms with Crippen LogP contribution in [-0.4, -0.2) is 36.4 Å². The van der Waals surface area contributed by atoms with Gasteiger partial charge in [0.1, 0.15) is 0 Å². The molecule has 1 atom stereocenters. The highest BCUT2D eigenvalue weighted by Gasteiger charge is 2.18. The number of aliphatic hydroxyl groups excluding tert-OH is 1. The lowest BCUT2D eigenvalue weighted by atomic mass is 10.1. The van der Waals surface area contributed by atoms with Crippen molar-refractivity contribution >= 4 is 17.1 Å². The lowest BCUT2D eigenvalue weighted by Gasteiger charge is -2.09. The second kappa shape index (κ2) is 6.80. The monoisotopic (exact) mass is 357 g/mol. The smallest absolute Gasteiger partial charge is 0.332 e. The molecule has 2 N–H and O–H groups in total. The van der Waals surface area contributed by atoms with E-state index in [1.54, 1.807) is 25.6 Å². The van der Waals surface area contributed by atoms with Crippen molar-refractivity contribution in [1.82, 2.24) is 18.7 Å². The van der Waals surface area contributed by atoms with Gasteiger partial charge in [-0.25, -0.2) is 4.79 Å². The summed E-state index contributed by atoms with van der Waals surface area (Å²) in [5.41, 5.74) is 1.85. The molecule has 0 aliphatic rings. The minimum absolute atomic E-state index is 0.198. The van der Waals surface area contributed by atoms with Crippen molar-refractivity contribution in [2.75, 3.05) is 11.9 Å². The highest BCUT2D eigenvalue weighted by atomic mass is 16.3. The van der Waals surface area contributed by atoms with Crippen molar-refractivity contribution in [2.45, 2.75) is 26.5 Å². The first-order chi connectivity index (χ1) is 12.3. The number of nitrogens with zero attached hydrogens (tertiary/aromatic N) is 4. The van der Waals surface area contributed by atoms with E-state index in [4.69, 9.17) is 0 Å². The Hall–Kier alpha value is -2.87. The van der Waals surface area contributed by atoms with Crippen molar-refractivity contribution in [2.24, 2.45) is 14.1 Å². The summed E-state index contributed by atoms with van der Waals surface area (Å²) in [6.07, 6.45) is -0.558. The van der Waals surface area contributed by atoms with Gasteiger partial charge in [0, 0.05) is 20.6 Å². The second-order valence-electron chi connectivity index (χ2n) is 6.62. The molecule has 2 aromatic heterocycles. The number of aliphatic hydroxyl groups is 1. The Labute approximate surface area is 150 Å². The quantitative estimate of drug-likeness (QED) is 0.697. The van der Waals surface area contributed by atoms with Crippen LogP contribution in [0, 0.1) is 6.92 Å². The normalized spacial score (nSPS) is 12.5. The molecule has 26 heavy (non-hydrogen) atoms. The Balaban J connectivity index is 2.13. The van der Waals surface area contributed by atoms with E-state index in [-0.39, 0.29) is 12.1 Å². The van der Waals surface area contributed by atoms with E-state index in [2.05, 4.69) is 10.3 Å². The Morgan fingerprint density at radius 2 is 1.81 bits per heavy atom. The zero-order chi connectivity index (χ0) is 19.0.